The van der Waals surface area contributed by atoms with Crippen LogP contribution in [0.15, 0.2) is 35.1 Å². The van der Waals surface area contributed by atoms with Crippen molar-refractivity contribution in [2.75, 3.05) is 18.0 Å². The molecule has 5 heteroatoms. The first-order valence-electron chi connectivity index (χ1n) is 7.72. The molecule has 2 aromatic rings. The molecule has 1 fully saturated rings. The zero-order valence-electron chi connectivity index (χ0n) is 12.8. The molecule has 0 aliphatic carbocycles. The van der Waals surface area contributed by atoms with Gasteiger partial charge >= 0.3 is 0 Å². The lowest BCUT2D eigenvalue weighted by molar-refractivity contribution is 0.544. The lowest BCUT2D eigenvalue weighted by atomic mass is 10.1. The summed E-state index contributed by atoms with van der Waals surface area (Å²) in [4.78, 5) is 19.1. The minimum absolute atomic E-state index is 0.128. The number of anilines is 1. The summed E-state index contributed by atoms with van der Waals surface area (Å²) < 4.78 is 15.5. The first kappa shape index (κ1) is 14.8. The average Bonchev–Trinajstić information content (AvgIpc) is 2.52. The number of aryl methyl sites for hydroxylation is 1. The second-order valence-electron chi connectivity index (χ2n) is 5.76. The van der Waals surface area contributed by atoms with Gasteiger partial charge in [-0.25, -0.2) is 9.37 Å². The van der Waals surface area contributed by atoms with Gasteiger partial charge in [0.25, 0.3) is 5.56 Å². The largest absolute Gasteiger partial charge is 0.342 e. The lowest BCUT2D eigenvalue weighted by Gasteiger charge is -2.29. The fourth-order valence-electron chi connectivity index (χ4n) is 2.89. The Morgan fingerprint density at radius 3 is 2.64 bits per heavy atom. The summed E-state index contributed by atoms with van der Waals surface area (Å²) in [5.41, 5.74) is 1.08. The zero-order chi connectivity index (χ0) is 15.5. The van der Waals surface area contributed by atoms with Crippen molar-refractivity contribution < 1.29 is 4.39 Å². The normalized spacial score (nSPS) is 15.1. The van der Waals surface area contributed by atoms with E-state index < -0.39 is 0 Å². The molecule has 4 nitrogen and oxygen atoms in total. The number of nitrogens with zero attached hydrogens (tertiary/aromatic N) is 3. The van der Waals surface area contributed by atoms with E-state index in [-0.39, 0.29) is 17.9 Å². The Labute approximate surface area is 129 Å². The molecule has 1 aromatic heterocycles. The number of hydrogen-bond acceptors (Lipinski definition) is 3. The van der Waals surface area contributed by atoms with Gasteiger partial charge in [0.15, 0.2) is 0 Å². The molecule has 0 radical (unpaired) electrons. The van der Waals surface area contributed by atoms with E-state index >= 15 is 0 Å². The van der Waals surface area contributed by atoms with E-state index in [1.807, 2.05) is 6.92 Å². The van der Waals surface area contributed by atoms with Crippen molar-refractivity contribution in [3.05, 3.63) is 57.8 Å². The van der Waals surface area contributed by atoms with Crippen LogP contribution in [0.3, 0.4) is 0 Å². The van der Waals surface area contributed by atoms with E-state index in [1.165, 1.54) is 18.6 Å². The third-order valence-electron chi connectivity index (χ3n) is 4.04. The standard InChI is InChI=1S/C17H20FN3O/c1-13-11-16(22)21(12-14-7-3-4-8-15(14)18)17(19-13)20-9-5-2-6-10-20/h3-4,7-8,11H,2,5-6,9-10,12H2,1H3. The van der Waals surface area contributed by atoms with Crippen LogP contribution in [0.25, 0.3) is 0 Å². The predicted molar refractivity (Wildman–Crippen MR) is 84.8 cm³/mol. The van der Waals surface area contributed by atoms with Crippen molar-refractivity contribution in [1.82, 2.24) is 9.55 Å². The minimum Gasteiger partial charge on any atom is -0.342 e. The Hall–Kier alpha value is -2.17. The molecule has 116 valence electrons. The highest BCUT2D eigenvalue weighted by atomic mass is 19.1. The number of hydrogen-bond donors (Lipinski definition) is 0. The van der Waals surface area contributed by atoms with E-state index in [0.717, 1.165) is 25.9 Å². The van der Waals surface area contributed by atoms with Gasteiger partial charge in [-0.15, -0.1) is 0 Å². The van der Waals surface area contributed by atoms with Crippen molar-refractivity contribution in [3.8, 4) is 0 Å². The maximum atomic E-state index is 13.9. The molecule has 0 amide bonds. The Morgan fingerprint density at radius 2 is 1.91 bits per heavy atom. The van der Waals surface area contributed by atoms with Crippen LogP contribution in [-0.4, -0.2) is 22.6 Å². The van der Waals surface area contributed by atoms with Crippen molar-refractivity contribution >= 4 is 5.95 Å². The van der Waals surface area contributed by atoms with Gasteiger partial charge in [0.1, 0.15) is 5.82 Å². The van der Waals surface area contributed by atoms with E-state index in [4.69, 9.17) is 0 Å². The molecule has 0 atom stereocenters. The third-order valence-corrected chi connectivity index (χ3v) is 4.04. The Kier molecular flexibility index (Phi) is 4.22. The highest BCUT2D eigenvalue weighted by molar-refractivity contribution is 5.34. The van der Waals surface area contributed by atoms with E-state index in [2.05, 4.69) is 9.88 Å². The Balaban J connectivity index is 2.02. The van der Waals surface area contributed by atoms with Gasteiger partial charge in [0, 0.05) is 30.4 Å². The predicted octanol–water partition coefficient (Wildman–Crippen LogP) is 2.73. The quantitative estimate of drug-likeness (QED) is 0.875. The summed E-state index contributed by atoms with van der Waals surface area (Å²) in [5, 5.41) is 0. The molecule has 22 heavy (non-hydrogen) atoms. The fourth-order valence-corrected chi connectivity index (χ4v) is 2.89. The van der Waals surface area contributed by atoms with Crippen LogP contribution >= 0.6 is 0 Å². The summed E-state index contributed by atoms with van der Waals surface area (Å²) in [6, 6.07) is 8.07. The molecule has 0 bridgehead atoms. The number of benzene rings is 1. The molecule has 0 saturated carbocycles. The molecule has 0 N–H and O–H groups in total. The molecular weight excluding hydrogens is 281 g/mol. The molecular formula is C17H20FN3O. The van der Waals surface area contributed by atoms with Gasteiger partial charge in [0.05, 0.1) is 6.54 Å². The summed E-state index contributed by atoms with van der Waals surface area (Å²) in [7, 11) is 0. The Bertz CT molecular complexity index is 720. The topological polar surface area (TPSA) is 38.1 Å². The average molecular weight is 301 g/mol. The first-order chi connectivity index (χ1) is 10.6. The molecule has 1 aliphatic heterocycles. The van der Waals surface area contributed by atoms with Gasteiger partial charge < -0.3 is 4.90 Å². The first-order valence-corrected chi connectivity index (χ1v) is 7.72. The van der Waals surface area contributed by atoms with E-state index in [0.29, 0.717) is 17.2 Å². The second-order valence-corrected chi connectivity index (χ2v) is 5.76. The number of piperidine rings is 1. The van der Waals surface area contributed by atoms with Crippen molar-refractivity contribution in [3.63, 3.8) is 0 Å². The number of halogens is 1. The van der Waals surface area contributed by atoms with Crippen molar-refractivity contribution in [2.24, 2.45) is 0 Å². The van der Waals surface area contributed by atoms with Crippen LogP contribution in [0.1, 0.15) is 30.5 Å². The maximum Gasteiger partial charge on any atom is 0.255 e. The number of aromatic nitrogens is 2. The van der Waals surface area contributed by atoms with Crippen LogP contribution in [0, 0.1) is 12.7 Å². The molecule has 0 unspecified atom stereocenters. The van der Waals surface area contributed by atoms with Gasteiger partial charge in [-0.1, -0.05) is 18.2 Å². The molecule has 1 aliphatic rings. The number of rotatable bonds is 3. The highest BCUT2D eigenvalue weighted by Crippen LogP contribution is 2.18. The Morgan fingerprint density at radius 1 is 1.18 bits per heavy atom. The maximum absolute atomic E-state index is 13.9. The third kappa shape index (κ3) is 3.03. The summed E-state index contributed by atoms with van der Waals surface area (Å²) in [6.07, 6.45) is 3.41. The smallest absolute Gasteiger partial charge is 0.255 e. The fraction of sp³-hybridized carbons (Fsp3) is 0.412. The van der Waals surface area contributed by atoms with Crippen LogP contribution in [0.4, 0.5) is 10.3 Å². The molecule has 0 spiro atoms. The van der Waals surface area contributed by atoms with Gasteiger partial charge in [-0.05, 0) is 32.3 Å². The van der Waals surface area contributed by atoms with Crippen LogP contribution in [0.5, 0.6) is 0 Å². The van der Waals surface area contributed by atoms with Gasteiger partial charge in [0.2, 0.25) is 5.95 Å². The molecule has 1 saturated heterocycles. The van der Waals surface area contributed by atoms with Gasteiger partial charge in [-0.2, -0.15) is 0 Å². The summed E-state index contributed by atoms with van der Waals surface area (Å²) in [6.45, 7) is 3.83. The SMILES string of the molecule is Cc1cc(=O)n(Cc2ccccc2F)c(N2CCCCC2)n1. The highest BCUT2D eigenvalue weighted by Gasteiger charge is 2.18. The van der Waals surface area contributed by atoms with Crippen LogP contribution in [0.2, 0.25) is 0 Å². The summed E-state index contributed by atoms with van der Waals surface area (Å²) in [5.74, 6) is 0.368. The van der Waals surface area contributed by atoms with Crippen molar-refractivity contribution in [1.29, 1.82) is 0 Å². The zero-order valence-corrected chi connectivity index (χ0v) is 12.8. The second kappa shape index (κ2) is 6.30. The lowest BCUT2D eigenvalue weighted by Crippen LogP contribution is -2.36. The summed E-state index contributed by atoms with van der Waals surface area (Å²) >= 11 is 0. The monoisotopic (exact) mass is 301 g/mol. The van der Waals surface area contributed by atoms with Gasteiger partial charge in [-0.3, -0.25) is 9.36 Å². The van der Waals surface area contributed by atoms with Crippen LogP contribution in [-0.2, 0) is 6.54 Å². The molecule has 3 rings (SSSR count). The van der Waals surface area contributed by atoms with E-state index in [9.17, 15) is 9.18 Å². The van der Waals surface area contributed by atoms with Crippen LogP contribution < -0.4 is 10.5 Å². The van der Waals surface area contributed by atoms with E-state index in [1.54, 1.807) is 22.8 Å². The minimum atomic E-state index is -0.292. The molecule has 1 aromatic carbocycles. The molecule has 2 heterocycles. The van der Waals surface area contributed by atoms with Crippen molar-refractivity contribution in [2.45, 2.75) is 32.7 Å².